The second kappa shape index (κ2) is 6.85. The Hall–Kier alpha value is -1.31. The molecule has 5 nitrogen and oxygen atoms in total. The summed E-state index contributed by atoms with van der Waals surface area (Å²) in [4.78, 5) is 26.2. The maximum absolute atomic E-state index is 12.7. The molecule has 8 heteroatoms. The fourth-order valence-corrected chi connectivity index (χ4v) is 3.01. The summed E-state index contributed by atoms with van der Waals surface area (Å²) < 4.78 is 38.0. The Bertz CT molecular complexity index is 424. The molecule has 126 valence electrons. The number of carbonyl (C=O) groups excluding carboxylic acids is 2. The van der Waals surface area contributed by atoms with Crippen molar-refractivity contribution in [2.75, 3.05) is 26.2 Å². The van der Waals surface area contributed by atoms with Gasteiger partial charge in [0.2, 0.25) is 11.8 Å². The van der Waals surface area contributed by atoms with Crippen molar-refractivity contribution in [3.05, 3.63) is 0 Å². The summed E-state index contributed by atoms with van der Waals surface area (Å²) in [5.41, 5.74) is 5.26. The highest BCUT2D eigenvalue weighted by atomic mass is 19.4. The van der Waals surface area contributed by atoms with E-state index in [9.17, 15) is 22.8 Å². The highest BCUT2D eigenvalue weighted by Gasteiger charge is 2.38. The summed E-state index contributed by atoms with van der Waals surface area (Å²) in [6.45, 7) is -0.599. The van der Waals surface area contributed by atoms with E-state index in [2.05, 4.69) is 0 Å². The van der Waals surface area contributed by atoms with E-state index in [0.717, 1.165) is 6.42 Å². The number of amides is 2. The van der Waals surface area contributed by atoms with E-state index in [1.165, 1.54) is 9.80 Å². The van der Waals surface area contributed by atoms with Crippen LogP contribution in [0.25, 0.3) is 0 Å². The third-order valence-corrected chi connectivity index (χ3v) is 4.49. The summed E-state index contributed by atoms with van der Waals surface area (Å²) >= 11 is 0. The second-order valence-corrected chi connectivity index (χ2v) is 6.19. The number of hydrogen-bond acceptors (Lipinski definition) is 3. The fourth-order valence-electron chi connectivity index (χ4n) is 3.01. The number of rotatable bonds is 5. The molecular formula is C14H22F3N3O2. The van der Waals surface area contributed by atoms with Crippen molar-refractivity contribution in [1.82, 2.24) is 9.80 Å². The summed E-state index contributed by atoms with van der Waals surface area (Å²) in [6.07, 6.45) is -0.717. The molecule has 2 rings (SSSR count). The summed E-state index contributed by atoms with van der Waals surface area (Å²) in [5.74, 6) is -1.19. The van der Waals surface area contributed by atoms with E-state index in [0.29, 0.717) is 32.2 Å². The number of nitrogens with zero attached hydrogens (tertiary/aromatic N) is 2. The van der Waals surface area contributed by atoms with Crippen LogP contribution in [0.15, 0.2) is 0 Å². The van der Waals surface area contributed by atoms with Crippen molar-refractivity contribution in [1.29, 1.82) is 0 Å². The lowest BCUT2D eigenvalue weighted by molar-refractivity contribution is -0.159. The average molecular weight is 321 g/mol. The maximum atomic E-state index is 12.7. The topological polar surface area (TPSA) is 66.6 Å². The van der Waals surface area contributed by atoms with E-state index >= 15 is 0 Å². The molecule has 1 saturated carbocycles. The number of piperidine rings is 1. The van der Waals surface area contributed by atoms with Gasteiger partial charge in [-0.3, -0.25) is 14.5 Å². The number of hydrogen-bond donors (Lipinski definition) is 1. The van der Waals surface area contributed by atoms with Crippen LogP contribution in [0.1, 0.15) is 32.1 Å². The number of alkyl halides is 3. The molecular weight excluding hydrogens is 299 g/mol. The van der Waals surface area contributed by atoms with Crippen LogP contribution in [0, 0.1) is 5.92 Å². The van der Waals surface area contributed by atoms with Crippen LogP contribution in [-0.2, 0) is 9.59 Å². The molecule has 1 saturated heterocycles. The Labute approximate surface area is 127 Å². The van der Waals surface area contributed by atoms with Crippen LogP contribution in [0.5, 0.6) is 0 Å². The quantitative estimate of drug-likeness (QED) is 0.825. The molecule has 0 bridgehead atoms. The Balaban J connectivity index is 1.93. The smallest absolute Gasteiger partial charge is 0.369 e. The van der Waals surface area contributed by atoms with Crippen molar-refractivity contribution in [2.45, 2.75) is 44.3 Å². The number of nitrogens with two attached hydrogens (primary N) is 1. The molecule has 2 amide bonds. The lowest BCUT2D eigenvalue weighted by atomic mass is 9.91. The second-order valence-electron chi connectivity index (χ2n) is 6.19. The number of likely N-dealkylation sites (tertiary alicyclic amines) is 1. The van der Waals surface area contributed by atoms with E-state index in [1.807, 2.05) is 0 Å². The highest BCUT2D eigenvalue weighted by molar-refractivity contribution is 5.81. The number of primary amides is 1. The zero-order chi connectivity index (χ0) is 16.3. The molecule has 2 fully saturated rings. The molecule has 1 aliphatic heterocycles. The van der Waals surface area contributed by atoms with Gasteiger partial charge in [-0.15, -0.1) is 0 Å². The van der Waals surface area contributed by atoms with Crippen molar-refractivity contribution in [3.8, 4) is 0 Å². The van der Waals surface area contributed by atoms with Gasteiger partial charge in [-0.1, -0.05) is 6.42 Å². The first kappa shape index (κ1) is 17.1. The molecule has 0 radical (unpaired) electrons. The van der Waals surface area contributed by atoms with Gasteiger partial charge in [0.15, 0.2) is 0 Å². The van der Waals surface area contributed by atoms with Crippen molar-refractivity contribution in [2.24, 2.45) is 11.7 Å². The van der Waals surface area contributed by atoms with Crippen LogP contribution in [0.4, 0.5) is 13.2 Å². The molecule has 0 unspecified atom stereocenters. The van der Waals surface area contributed by atoms with E-state index in [4.69, 9.17) is 5.73 Å². The van der Waals surface area contributed by atoms with Gasteiger partial charge in [-0.2, -0.15) is 13.2 Å². The summed E-state index contributed by atoms with van der Waals surface area (Å²) in [7, 11) is 0. The molecule has 0 aromatic rings. The Morgan fingerprint density at radius 2 is 1.86 bits per heavy atom. The normalized spacial score (nSPS) is 23.5. The largest absolute Gasteiger partial charge is 0.401 e. The van der Waals surface area contributed by atoms with Gasteiger partial charge in [0.1, 0.15) is 0 Å². The SMILES string of the molecule is NC(=O)[C@H]1CCCN(C(=O)CN(CC(F)(F)F)C2CCC2)C1. The maximum Gasteiger partial charge on any atom is 0.401 e. The minimum Gasteiger partial charge on any atom is -0.369 e. The van der Waals surface area contributed by atoms with Gasteiger partial charge in [0.05, 0.1) is 19.0 Å². The average Bonchev–Trinajstić information content (AvgIpc) is 2.34. The third-order valence-electron chi connectivity index (χ3n) is 4.49. The van der Waals surface area contributed by atoms with Gasteiger partial charge in [0, 0.05) is 19.1 Å². The van der Waals surface area contributed by atoms with Crippen LogP contribution in [0.3, 0.4) is 0 Å². The van der Waals surface area contributed by atoms with E-state index < -0.39 is 24.5 Å². The molecule has 1 heterocycles. The molecule has 2 N–H and O–H groups in total. The predicted molar refractivity (Wildman–Crippen MR) is 73.8 cm³/mol. The zero-order valence-electron chi connectivity index (χ0n) is 12.4. The van der Waals surface area contributed by atoms with E-state index in [1.54, 1.807) is 0 Å². The lowest BCUT2D eigenvalue weighted by Crippen LogP contribution is -2.52. The monoisotopic (exact) mass is 321 g/mol. The van der Waals surface area contributed by atoms with Gasteiger partial charge in [-0.05, 0) is 25.7 Å². The number of carbonyl (C=O) groups is 2. The molecule has 2 aliphatic rings. The van der Waals surface area contributed by atoms with Crippen LogP contribution in [0.2, 0.25) is 0 Å². The molecule has 1 aliphatic carbocycles. The molecule has 0 aromatic carbocycles. The summed E-state index contributed by atoms with van der Waals surface area (Å²) in [6, 6.07) is -0.165. The Kier molecular flexibility index (Phi) is 5.31. The first-order valence-electron chi connectivity index (χ1n) is 7.64. The number of halogens is 3. The van der Waals surface area contributed by atoms with Crippen molar-refractivity contribution in [3.63, 3.8) is 0 Å². The van der Waals surface area contributed by atoms with Crippen LogP contribution < -0.4 is 5.73 Å². The zero-order valence-corrected chi connectivity index (χ0v) is 12.4. The minimum absolute atomic E-state index is 0.165. The highest BCUT2D eigenvalue weighted by Crippen LogP contribution is 2.28. The molecule has 0 aromatic heterocycles. The minimum atomic E-state index is -4.31. The van der Waals surface area contributed by atoms with Crippen molar-refractivity contribution >= 4 is 11.8 Å². The molecule has 0 spiro atoms. The summed E-state index contributed by atoms with van der Waals surface area (Å²) in [5, 5.41) is 0. The first-order chi connectivity index (χ1) is 10.3. The van der Waals surface area contributed by atoms with Gasteiger partial charge < -0.3 is 10.6 Å². The van der Waals surface area contributed by atoms with Gasteiger partial charge in [-0.25, -0.2) is 0 Å². The fraction of sp³-hybridized carbons (Fsp3) is 0.857. The van der Waals surface area contributed by atoms with Gasteiger partial charge in [0.25, 0.3) is 0 Å². The van der Waals surface area contributed by atoms with Crippen LogP contribution >= 0.6 is 0 Å². The Morgan fingerprint density at radius 1 is 1.18 bits per heavy atom. The van der Waals surface area contributed by atoms with E-state index in [-0.39, 0.29) is 25.0 Å². The Morgan fingerprint density at radius 3 is 2.36 bits per heavy atom. The first-order valence-corrected chi connectivity index (χ1v) is 7.64. The predicted octanol–water partition coefficient (Wildman–Crippen LogP) is 1.13. The third kappa shape index (κ3) is 4.59. The van der Waals surface area contributed by atoms with Crippen LogP contribution in [-0.4, -0.2) is 60.0 Å². The van der Waals surface area contributed by atoms with Gasteiger partial charge >= 0.3 is 6.18 Å². The lowest BCUT2D eigenvalue weighted by Gasteiger charge is -2.39. The standard InChI is InChI=1S/C14H22F3N3O2/c15-14(16,17)9-20(11-4-1-5-11)8-12(21)19-6-2-3-10(7-19)13(18)22/h10-11H,1-9H2,(H2,18,22)/t10-/m0/s1. The molecule has 1 atom stereocenters. The van der Waals surface area contributed by atoms with Crippen molar-refractivity contribution < 1.29 is 22.8 Å². The molecule has 22 heavy (non-hydrogen) atoms.